The first-order chi connectivity index (χ1) is 9.88. The van der Waals surface area contributed by atoms with Gasteiger partial charge in [-0.05, 0) is 23.8 Å². The van der Waals surface area contributed by atoms with Crippen LogP contribution in [0.15, 0.2) is 35.1 Å². The number of halogens is 1. The number of benzene rings is 1. The van der Waals surface area contributed by atoms with Gasteiger partial charge in [0, 0.05) is 16.7 Å². The minimum absolute atomic E-state index is 0.0160. The molecule has 0 bridgehead atoms. The highest BCUT2D eigenvalue weighted by molar-refractivity contribution is 6.31. The lowest BCUT2D eigenvalue weighted by atomic mass is 10.1. The third kappa shape index (κ3) is 3.26. The number of carbonyl (C=O) groups is 2. The first-order valence-electron chi connectivity index (χ1n) is 5.78. The number of amides is 1. The Morgan fingerprint density at radius 2 is 2.00 bits per heavy atom. The maximum atomic E-state index is 11.7. The highest BCUT2D eigenvalue weighted by Crippen LogP contribution is 2.18. The Kier molecular flexibility index (Phi) is 4.04. The number of primary amides is 1. The summed E-state index contributed by atoms with van der Waals surface area (Å²) in [5.74, 6) is -1.86. The molecule has 0 aliphatic carbocycles. The fourth-order valence-electron chi connectivity index (χ4n) is 1.67. The number of hydrogen-bond acceptors (Lipinski definition) is 4. The van der Waals surface area contributed by atoms with E-state index < -0.39 is 17.4 Å². The van der Waals surface area contributed by atoms with Crippen LogP contribution in [0.2, 0.25) is 5.02 Å². The van der Waals surface area contributed by atoms with Crippen LogP contribution in [0.5, 0.6) is 0 Å². The van der Waals surface area contributed by atoms with Gasteiger partial charge in [0.1, 0.15) is 0 Å². The van der Waals surface area contributed by atoms with Gasteiger partial charge in [-0.3, -0.25) is 9.59 Å². The Labute approximate surface area is 123 Å². The predicted octanol–water partition coefficient (Wildman–Crippen LogP) is 0.742. The van der Waals surface area contributed by atoms with E-state index in [-0.39, 0.29) is 22.8 Å². The fraction of sp³-hybridized carbons (Fsp3) is 0.0769. The highest BCUT2D eigenvalue weighted by Gasteiger charge is 2.10. The average molecular weight is 308 g/mol. The van der Waals surface area contributed by atoms with Gasteiger partial charge < -0.3 is 10.8 Å². The minimum Gasteiger partial charge on any atom is -0.476 e. The molecule has 2 rings (SSSR count). The van der Waals surface area contributed by atoms with E-state index in [1.165, 1.54) is 18.2 Å². The number of hydrogen-bond donors (Lipinski definition) is 2. The second-order valence-electron chi connectivity index (χ2n) is 4.19. The monoisotopic (exact) mass is 307 g/mol. The van der Waals surface area contributed by atoms with Crippen molar-refractivity contribution in [3.63, 3.8) is 0 Å². The zero-order chi connectivity index (χ0) is 15.6. The summed E-state index contributed by atoms with van der Waals surface area (Å²) in [5, 5.41) is 12.8. The number of nitrogens with zero attached hydrogens (tertiary/aromatic N) is 2. The zero-order valence-corrected chi connectivity index (χ0v) is 11.4. The van der Waals surface area contributed by atoms with E-state index in [0.29, 0.717) is 5.56 Å². The fourth-order valence-corrected chi connectivity index (χ4v) is 1.91. The van der Waals surface area contributed by atoms with Crippen LogP contribution in [0.1, 0.15) is 26.4 Å². The third-order valence-corrected chi connectivity index (χ3v) is 3.10. The lowest BCUT2D eigenvalue weighted by Gasteiger charge is -2.08. The van der Waals surface area contributed by atoms with E-state index in [1.807, 2.05) is 0 Å². The molecule has 0 saturated heterocycles. The molecule has 0 aliphatic rings. The van der Waals surface area contributed by atoms with Crippen LogP contribution in [0.25, 0.3) is 0 Å². The molecule has 0 unspecified atom stereocenters. The molecule has 0 radical (unpaired) electrons. The van der Waals surface area contributed by atoms with Crippen molar-refractivity contribution in [2.24, 2.45) is 5.73 Å². The van der Waals surface area contributed by atoms with E-state index >= 15 is 0 Å². The largest absolute Gasteiger partial charge is 0.476 e. The second-order valence-corrected chi connectivity index (χ2v) is 4.60. The molecular weight excluding hydrogens is 298 g/mol. The quantitative estimate of drug-likeness (QED) is 0.864. The molecule has 0 spiro atoms. The van der Waals surface area contributed by atoms with Crippen LogP contribution < -0.4 is 11.3 Å². The molecule has 0 atom stereocenters. The number of rotatable bonds is 4. The van der Waals surface area contributed by atoms with Crippen LogP contribution in [-0.2, 0) is 6.54 Å². The van der Waals surface area contributed by atoms with Gasteiger partial charge in [0.2, 0.25) is 5.91 Å². The number of nitrogens with two attached hydrogens (primary N) is 1. The number of carboxylic acid groups (broad SMARTS) is 1. The Hall–Kier alpha value is -2.67. The summed E-state index contributed by atoms with van der Waals surface area (Å²) < 4.78 is 0.981. The summed E-state index contributed by atoms with van der Waals surface area (Å²) in [7, 11) is 0. The minimum atomic E-state index is -1.24. The van der Waals surface area contributed by atoms with Gasteiger partial charge in [-0.2, -0.15) is 5.10 Å². The van der Waals surface area contributed by atoms with Crippen molar-refractivity contribution in [1.29, 1.82) is 0 Å². The average Bonchev–Trinajstić information content (AvgIpc) is 2.42. The number of carboxylic acids is 1. The zero-order valence-electron chi connectivity index (χ0n) is 10.6. The molecule has 3 N–H and O–H groups in total. The maximum Gasteiger partial charge on any atom is 0.356 e. The van der Waals surface area contributed by atoms with Gasteiger partial charge in [-0.15, -0.1) is 0 Å². The molecule has 108 valence electrons. The van der Waals surface area contributed by atoms with Crippen LogP contribution in [0.4, 0.5) is 0 Å². The van der Waals surface area contributed by atoms with E-state index in [4.69, 9.17) is 22.4 Å². The lowest BCUT2D eigenvalue weighted by molar-refractivity contribution is 0.0687. The van der Waals surface area contributed by atoms with Gasteiger partial charge in [-0.1, -0.05) is 17.7 Å². The molecule has 8 heteroatoms. The summed E-state index contributed by atoms with van der Waals surface area (Å²) in [4.78, 5) is 33.6. The van der Waals surface area contributed by atoms with Crippen LogP contribution in [-0.4, -0.2) is 26.8 Å². The molecule has 0 saturated carbocycles. The Morgan fingerprint density at radius 1 is 1.29 bits per heavy atom. The van der Waals surface area contributed by atoms with Gasteiger partial charge >= 0.3 is 5.97 Å². The van der Waals surface area contributed by atoms with E-state index in [0.717, 1.165) is 16.8 Å². The van der Waals surface area contributed by atoms with Crippen molar-refractivity contribution in [2.45, 2.75) is 6.54 Å². The molecule has 2 aromatic rings. The van der Waals surface area contributed by atoms with Crippen LogP contribution >= 0.6 is 11.6 Å². The molecule has 1 aromatic heterocycles. The Balaban J connectivity index is 2.38. The number of aromatic carboxylic acids is 1. The Morgan fingerprint density at radius 3 is 2.57 bits per heavy atom. The smallest absolute Gasteiger partial charge is 0.356 e. The predicted molar refractivity (Wildman–Crippen MR) is 74.5 cm³/mol. The number of carbonyl (C=O) groups excluding carboxylic acids is 1. The molecular formula is C13H10ClN3O4. The lowest BCUT2D eigenvalue weighted by Crippen LogP contribution is -2.25. The standard InChI is InChI=1S/C13H10ClN3O4/c14-9-5-7(12(15)19)1-2-8(9)6-17-11(18)4-3-10(16-17)13(20)21/h1-5H,6H2,(H2,15,19)(H,20,21). The van der Waals surface area contributed by atoms with Gasteiger partial charge in [0.05, 0.1) is 6.54 Å². The topological polar surface area (TPSA) is 115 Å². The van der Waals surface area contributed by atoms with Gasteiger partial charge in [-0.25, -0.2) is 9.48 Å². The maximum absolute atomic E-state index is 11.7. The van der Waals surface area contributed by atoms with Crippen molar-refractivity contribution in [3.05, 3.63) is 62.5 Å². The summed E-state index contributed by atoms with van der Waals surface area (Å²) in [6, 6.07) is 6.62. The summed E-state index contributed by atoms with van der Waals surface area (Å²) in [5.41, 5.74) is 5.17. The second kappa shape index (κ2) is 5.76. The van der Waals surface area contributed by atoms with Crippen molar-refractivity contribution < 1.29 is 14.7 Å². The SMILES string of the molecule is NC(=O)c1ccc(Cn2nc(C(=O)O)ccc2=O)c(Cl)c1. The van der Waals surface area contributed by atoms with Crippen LogP contribution in [0.3, 0.4) is 0 Å². The van der Waals surface area contributed by atoms with Gasteiger partial charge in [0.15, 0.2) is 5.69 Å². The van der Waals surface area contributed by atoms with Crippen LogP contribution in [0, 0.1) is 0 Å². The van der Waals surface area contributed by atoms with Crippen molar-refractivity contribution in [2.75, 3.05) is 0 Å². The van der Waals surface area contributed by atoms with E-state index in [2.05, 4.69) is 5.10 Å². The molecule has 0 aliphatic heterocycles. The normalized spacial score (nSPS) is 10.3. The van der Waals surface area contributed by atoms with Crippen molar-refractivity contribution >= 4 is 23.5 Å². The highest BCUT2D eigenvalue weighted by atomic mass is 35.5. The Bertz CT molecular complexity index is 785. The molecule has 1 aromatic carbocycles. The molecule has 21 heavy (non-hydrogen) atoms. The molecule has 7 nitrogen and oxygen atoms in total. The van der Waals surface area contributed by atoms with Crippen molar-refractivity contribution in [3.8, 4) is 0 Å². The first kappa shape index (κ1) is 14.7. The van der Waals surface area contributed by atoms with E-state index in [1.54, 1.807) is 0 Å². The summed E-state index contributed by atoms with van der Waals surface area (Å²) in [6.45, 7) is -0.0160. The third-order valence-electron chi connectivity index (χ3n) is 2.74. The first-order valence-corrected chi connectivity index (χ1v) is 6.16. The molecule has 1 heterocycles. The summed E-state index contributed by atoms with van der Waals surface area (Å²) >= 11 is 6.01. The molecule has 0 fully saturated rings. The molecule has 1 amide bonds. The van der Waals surface area contributed by atoms with E-state index in [9.17, 15) is 14.4 Å². The summed E-state index contributed by atoms with van der Waals surface area (Å²) in [6.07, 6.45) is 0. The number of aromatic nitrogens is 2. The van der Waals surface area contributed by atoms with Gasteiger partial charge in [0.25, 0.3) is 5.56 Å². The van der Waals surface area contributed by atoms with Crippen molar-refractivity contribution in [1.82, 2.24) is 9.78 Å².